The van der Waals surface area contributed by atoms with E-state index < -0.39 is 18.3 Å². The highest BCUT2D eigenvalue weighted by atomic mass is 32.2. The molecule has 0 saturated heterocycles. The Labute approximate surface area is 96.2 Å². The zero-order chi connectivity index (χ0) is 12.0. The summed E-state index contributed by atoms with van der Waals surface area (Å²) >= 11 is 0. The van der Waals surface area contributed by atoms with E-state index in [1.54, 1.807) is 24.3 Å². The molecule has 0 unspecified atom stereocenters. The van der Waals surface area contributed by atoms with Gasteiger partial charge in [-0.1, -0.05) is 12.1 Å². The van der Waals surface area contributed by atoms with Crippen LogP contribution in [0.4, 0.5) is 0 Å². The number of fused-ring (bicyclic) bond motifs is 1. The van der Waals surface area contributed by atoms with Gasteiger partial charge in [0.25, 0.3) is 10.0 Å². The standard InChI is InChI=1S/C10H13NO3SSi/c1-16(2,3)14-10-8-6-4-5-7-9(8)15(12,13)11-10/h4-7H,1-3H3. The third-order valence-corrected chi connectivity index (χ3v) is 4.13. The van der Waals surface area contributed by atoms with Gasteiger partial charge >= 0.3 is 0 Å². The molecular formula is C10H13NO3SSi. The Hall–Kier alpha value is -1.14. The van der Waals surface area contributed by atoms with Gasteiger partial charge < -0.3 is 4.43 Å². The molecule has 0 spiro atoms. The van der Waals surface area contributed by atoms with Gasteiger partial charge in [0, 0.05) is 0 Å². The topological polar surface area (TPSA) is 55.7 Å². The van der Waals surface area contributed by atoms with Crippen molar-refractivity contribution in [2.75, 3.05) is 0 Å². The molecule has 0 aliphatic carbocycles. The molecule has 1 aliphatic rings. The summed E-state index contributed by atoms with van der Waals surface area (Å²) in [5, 5.41) is 0. The van der Waals surface area contributed by atoms with Crippen LogP contribution in [-0.4, -0.2) is 22.6 Å². The summed E-state index contributed by atoms with van der Waals surface area (Å²) in [4.78, 5) is 0.239. The molecule has 1 aromatic rings. The second-order valence-corrected chi connectivity index (χ2v) is 10.6. The molecule has 0 atom stereocenters. The highest BCUT2D eigenvalue weighted by molar-refractivity contribution is 7.90. The number of rotatable bonds is 1. The second kappa shape index (κ2) is 3.43. The normalized spacial score (nSPS) is 17.8. The molecule has 0 amide bonds. The Morgan fingerprint density at radius 1 is 1.19 bits per heavy atom. The van der Waals surface area contributed by atoms with Crippen molar-refractivity contribution in [3.63, 3.8) is 0 Å². The van der Waals surface area contributed by atoms with Crippen molar-refractivity contribution in [2.24, 2.45) is 4.40 Å². The van der Waals surface area contributed by atoms with Gasteiger partial charge in [-0.3, -0.25) is 0 Å². The average Bonchev–Trinajstić information content (AvgIpc) is 2.37. The van der Waals surface area contributed by atoms with E-state index in [4.69, 9.17) is 4.43 Å². The molecule has 6 heteroatoms. The smallest absolute Gasteiger partial charge is 0.286 e. The van der Waals surface area contributed by atoms with Crippen molar-refractivity contribution in [1.29, 1.82) is 0 Å². The first-order chi connectivity index (χ1) is 7.30. The summed E-state index contributed by atoms with van der Waals surface area (Å²) in [6.45, 7) is 5.97. The minimum absolute atomic E-state index is 0.239. The minimum Gasteiger partial charge on any atom is -0.531 e. The predicted octanol–water partition coefficient (Wildman–Crippen LogP) is 1.99. The van der Waals surface area contributed by atoms with Crippen molar-refractivity contribution in [1.82, 2.24) is 0 Å². The molecule has 1 heterocycles. The van der Waals surface area contributed by atoms with Crippen LogP contribution in [0, 0.1) is 0 Å². The van der Waals surface area contributed by atoms with Crippen LogP contribution < -0.4 is 0 Å². The molecule has 1 aromatic carbocycles. The molecule has 0 fully saturated rings. The molecule has 0 N–H and O–H groups in total. The SMILES string of the molecule is C[Si](C)(C)OC1=NS(=O)(=O)c2ccccc21. The Morgan fingerprint density at radius 3 is 2.44 bits per heavy atom. The number of hydrogen-bond acceptors (Lipinski definition) is 3. The fourth-order valence-electron chi connectivity index (χ4n) is 1.44. The first kappa shape index (κ1) is 11.3. The lowest BCUT2D eigenvalue weighted by Gasteiger charge is -2.18. The molecule has 0 saturated carbocycles. The Kier molecular flexibility index (Phi) is 2.43. The van der Waals surface area contributed by atoms with Crippen LogP contribution in [0.15, 0.2) is 33.6 Å². The molecule has 0 aromatic heterocycles. The Morgan fingerprint density at radius 2 is 1.81 bits per heavy atom. The molecule has 86 valence electrons. The summed E-state index contributed by atoms with van der Waals surface area (Å²) in [6, 6.07) is 6.74. The lowest BCUT2D eigenvalue weighted by Crippen LogP contribution is -2.29. The molecule has 0 radical (unpaired) electrons. The van der Waals surface area contributed by atoms with E-state index in [0.29, 0.717) is 5.56 Å². The van der Waals surface area contributed by atoms with Gasteiger partial charge in [0.05, 0.1) is 5.56 Å². The van der Waals surface area contributed by atoms with Gasteiger partial charge in [0.15, 0.2) is 0 Å². The van der Waals surface area contributed by atoms with E-state index in [1.165, 1.54) is 0 Å². The van der Waals surface area contributed by atoms with Crippen molar-refractivity contribution < 1.29 is 12.8 Å². The van der Waals surface area contributed by atoms with Gasteiger partial charge in [-0.05, 0) is 31.8 Å². The third kappa shape index (κ3) is 2.03. The van der Waals surface area contributed by atoms with Crippen LogP contribution in [0.2, 0.25) is 19.6 Å². The lowest BCUT2D eigenvalue weighted by molar-refractivity contribution is 0.555. The molecule has 1 aliphatic heterocycles. The number of hydrogen-bond donors (Lipinski definition) is 0. The highest BCUT2D eigenvalue weighted by Crippen LogP contribution is 2.27. The van der Waals surface area contributed by atoms with Crippen LogP contribution in [0.5, 0.6) is 0 Å². The first-order valence-corrected chi connectivity index (χ1v) is 9.78. The predicted molar refractivity (Wildman–Crippen MR) is 64.6 cm³/mol. The summed E-state index contributed by atoms with van der Waals surface area (Å²) in [5.41, 5.74) is 0.574. The first-order valence-electron chi connectivity index (χ1n) is 4.93. The monoisotopic (exact) mass is 255 g/mol. The van der Waals surface area contributed by atoms with Crippen LogP contribution in [0.1, 0.15) is 5.56 Å². The summed E-state index contributed by atoms with van der Waals surface area (Å²) in [7, 11) is -5.39. The van der Waals surface area contributed by atoms with Gasteiger partial charge in [-0.2, -0.15) is 8.42 Å². The molecule has 16 heavy (non-hydrogen) atoms. The van der Waals surface area contributed by atoms with Crippen molar-refractivity contribution in [3.05, 3.63) is 29.8 Å². The van der Waals surface area contributed by atoms with Crippen LogP contribution in [0.3, 0.4) is 0 Å². The Bertz CT molecular complexity index is 558. The van der Waals surface area contributed by atoms with Crippen LogP contribution >= 0.6 is 0 Å². The van der Waals surface area contributed by atoms with E-state index in [9.17, 15) is 8.42 Å². The maximum absolute atomic E-state index is 11.7. The number of benzene rings is 1. The quantitative estimate of drug-likeness (QED) is 0.721. The Balaban J connectivity index is 2.52. The summed E-state index contributed by atoms with van der Waals surface area (Å²) in [6.07, 6.45) is 0. The lowest BCUT2D eigenvalue weighted by atomic mass is 10.2. The maximum atomic E-state index is 11.7. The molecule has 2 rings (SSSR count). The molecule has 4 nitrogen and oxygen atoms in total. The number of sulfonamides is 1. The van der Waals surface area contributed by atoms with E-state index in [-0.39, 0.29) is 10.8 Å². The van der Waals surface area contributed by atoms with Crippen molar-refractivity contribution in [3.8, 4) is 0 Å². The average molecular weight is 255 g/mol. The van der Waals surface area contributed by atoms with E-state index in [1.807, 2.05) is 19.6 Å². The molecule has 0 bridgehead atoms. The molecular weight excluding hydrogens is 242 g/mol. The van der Waals surface area contributed by atoms with E-state index in [2.05, 4.69) is 4.40 Å². The highest BCUT2D eigenvalue weighted by Gasteiger charge is 2.32. The second-order valence-electron chi connectivity index (χ2n) is 4.58. The van der Waals surface area contributed by atoms with Crippen molar-refractivity contribution >= 4 is 24.2 Å². The van der Waals surface area contributed by atoms with Crippen LogP contribution in [0.25, 0.3) is 0 Å². The van der Waals surface area contributed by atoms with Gasteiger partial charge in [-0.25, -0.2) is 0 Å². The fraction of sp³-hybridized carbons (Fsp3) is 0.300. The summed E-state index contributed by atoms with van der Waals surface area (Å²) < 4.78 is 32.7. The summed E-state index contributed by atoms with van der Waals surface area (Å²) in [5.74, 6) is 0.245. The van der Waals surface area contributed by atoms with E-state index >= 15 is 0 Å². The zero-order valence-corrected chi connectivity index (χ0v) is 11.2. The zero-order valence-electron chi connectivity index (χ0n) is 9.39. The van der Waals surface area contributed by atoms with Crippen LogP contribution in [-0.2, 0) is 14.4 Å². The third-order valence-electron chi connectivity index (χ3n) is 2.00. The maximum Gasteiger partial charge on any atom is 0.286 e. The van der Waals surface area contributed by atoms with Gasteiger partial charge in [0.1, 0.15) is 4.90 Å². The van der Waals surface area contributed by atoms with E-state index in [0.717, 1.165) is 0 Å². The van der Waals surface area contributed by atoms with Gasteiger partial charge in [-0.15, -0.1) is 4.40 Å². The van der Waals surface area contributed by atoms with Crippen molar-refractivity contribution in [2.45, 2.75) is 24.5 Å². The van der Waals surface area contributed by atoms with Gasteiger partial charge in [0.2, 0.25) is 14.2 Å². The largest absolute Gasteiger partial charge is 0.531 e. The minimum atomic E-state index is -3.54. The number of nitrogens with zero attached hydrogens (tertiary/aromatic N) is 1. The fourth-order valence-corrected chi connectivity index (χ4v) is 3.38.